The largest absolute Gasteiger partial charge is 0.379 e. The van der Waals surface area contributed by atoms with Crippen molar-refractivity contribution in [1.82, 2.24) is 4.90 Å². The van der Waals surface area contributed by atoms with Crippen LogP contribution in [0.3, 0.4) is 0 Å². The maximum Gasteiger partial charge on any atom is 0.149 e. The van der Waals surface area contributed by atoms with E-state index >= 15 is 0 Å². The molecule has 1 aliphatic rings. The third kappa shape index (κ3) is 6.44. The molecule has 16 heavy (non-hydrogen) atoms. The van der Waals surface area contributed by atoms with Gasteiger partial charge in [-0.15, -0.1) is 6.42 Å². The van der Waals surface area contributed by atoms with Crippen molar-refractivity contribution in [1.29, 1.82) is 0 Å². The topological polar surface area (TPSA) is 30.9 Å². The summed E-state index contributed by atoms with van der Waals surface area (Å²) in [6, 6.07) is 0. The summed E-state index contributed by atoms with van der Waals surface area (Å²) < 4.78 is 15.3. The molecule has 0 radical (unpaired) electrons. The van der Waals surface area contributed by atoms with Gasteiger partial charge in [0.1, 0.15) is 20.0 Å². The highest BCUT2D eigenvalue weighted by molar-refractivity contribution is 5.01. The Morgan fingerprint density at radius 3 is 2.62 bits per heavy atom. The molecule has 1 saturated heterocycles. The zero-order valence-corrected chi connectivity index (χ0v) is 9.41. The Kier molecular flexibility index (Phi) is 7.49. The predicted molar refractivity (Wildman–Crippen MR) is 60.6 cm³/mol. The molecule has 0 aliphatic carbocycles. The molecule has 4 heteroatoms. The fraction of sp³-hybridized carbons (Fsp3) is 0.667. The van der Waals surface area contributed by atoms with Gasteiger partial charge in [-0.2, -0.15) is 0 Å². The van der Waals surface area contributed by atoms with Crippen LogP contribution in [0.5, 0.6) is 0 Å². The molecule has 0 spiro atoms. The number of terminal acetylenes is 1. The van der Waals surface area contributed by atoms with Crippen LogP contribution in [0.2, 0.25) is 0 Å². The van der Waals surface area contributed by atoms with Gasteiger partial charge in [0.2, 0.25) is 0 Å². The lowest BCUT2D eigenvalue weighted by atomic mass is 10.4. The van der Waals surface area contributed by atoms with Crippen LogP contribution in [0.25, 0.3) is 0 Å². The zero-order chi connectivity index (χ0) is 11.5. The van der Waals surface area contributed by atoms with Gasteiger partial charge in [0.05, 0.1) is 19.8 Å². The first-order valence-electron chi connectivity index (χ1n) is 5.28. The molecule has 4 nitrogen and oxygen atoms in total. The van der Waals surface area contributed by atoms with Gasteiger partial charge < -0.3 is 14.2 Å². The minimum Gasteiger partial charge on any atom is -0.379 e. The molecule has 1 aliphatic heterocycles. The fourth-order valence-electron chi connectivity index (χ4n) is 1.23. The van der Waals surface area contributed by atoms with E-state index in [1.165, 1.54) is 0 Å². The monoisotopic (exact) mass is 223 g/mol. The molecular weight excluding hydrogens is 206 g/mol. The van der Waals surface area contributed by atoms with Crippen molar-refractivity contribution in [2.45, 2.75) is 0 Å². The third-order valence-electron chi connectivity index (χ3n) is 2.06. The Labute approximate surface area is 96.8 Å². The molecule has 88 valence electrons. The van der Waals surface area contributed by atoms with Crippen LogP contribution < -0.4 is 0 Å². The minimum atomic E-state index is 0.205. The number of ether oxygens (including phenoxy) is 3. The molecule has 0 aromatic heterocycles. The summed E-state index contributed by atoms with van der Waals surface area (Å²) in [5, 5.41) is 0. The number of rotatable bonds is 5. The Balaban J connectivity index is 1.94. The normalized spacial score (nSPS) is 16.2. The smallest absolute Gasteiger partial charge is 0.149 e. The van der Waals surface area contributed by atoms with Gasteiger partial charge in [0, 0.05) is 13.1 Å². The molecule has 0 atom stereocenters. The molecule has 0 amide bonds. The van der Waals surface area contributed by atoms with Crippen LogP contribution >= 0.6 is 0 Å². The summed E-state index contributed by atoms with van der Waals surface area (Å²) in [7, 11) is 0. The van der Waals surface area contributed by atoms with E-state index in [0.29, 0.717) is 6.61 Å². The summed E-state index contributed by atoms with van der Waals surface area (Å²) in [4.78, 5) is 2.26. The van der Waals surface area contributed by atoms with Gasteiger partial charge in [0.15, 0.2) is 0 Å². The first-order valence-corrected chi connectivity index (χ1v) is 5.28. The van der Waals surface area contributed by atoms with Crippen LogP contribution in [0.1, 0.15) is 0 Å². The van der Waals surface area contributed by atoms with E-state index < -0.39 is 0 Å². The van der Waals surface area contributed by atoms with Gasteiger partial charge in [-0.1, -0.05) is 17.8 Å². The van der Waals surface area contributed by atoms with E-state index in [1.807, 2.05) is 0 Å². The highest BCUT2D eigenvalue weighted by atomic mass is 16.7. The van der Waals surface area contributed by atoms with Crippen molar-refractivity contribution in [2.24, 2.45) is 0 Å². The Hall–Kier alpha value is -1.04. The number of morpholine rings is 1. The van der Waals surface area contributed by atoms with Crippen molar-refractivity contribution >= 4 is 0 Å². The van der Waals surface area contributed by atoms with E-state index in [1.54, 1.807) is 0 Å². The lowest BCUT2D eigenvalue weighted by Crippen LogP contribution is -2.36. The lowest BCUT2D eigenvalue weighted by Gasteiger charge is -2.24. The predicted octanol–water partition coefficient (Wildman–Crippen LogP) is -0.0541. The summed E-state index contributed by atoms with van der Waals surface area (Å²) in [6.45, 7) is 5.17. The molecule has 0 saturated carbocycles. The second-order valence-corrected chi connectivity index (χ2v) is 3.26. The van der Waals surface area contributed by atoms with Crippen LogP contribution in [-0.2, 0) is 14.2 Å². The van der Waals surface area contributed by atoms with Gasteiger partial charge in [-0.3, -0.25) is 4.90 Å². The van der Waals surface area contributed by atoms with Crippen molar-refractivity contribution in [2.75, 3.05) is 52.9 Å². The van der Waals surface area contributed by atoms with Crippen LogP contribution in [0.15, 0.2) is 0 Å². The average Bonchev–Trinajstić information content (AvgIpc) is 2.34. The molecular formula is C12H17NO3. The quantitative estimate of drug-likeness (QED) is 0.371. The molecule has 1 fully saturated rings. The van der Waals surface area contributed by atoms with E-state index in [0.717, 1.165) is 32.8 Å². The van der Waals surface area contributed by atoms with Crippen LogP contribution in [0, 0.1) is 24.2 Å². The number of hydrogen-bond donors (Lipinski definition) is 0. The molecule has 1 heterocycles. The van der Waals surface area contributed by atoms with Crippen molar-refractivity contribution in [3.63, 3.8) is 0 Å². The first kappa shape index (κ1) is 13.0. The molecule has 0 unspecified atom stereocenters. The molecule has 0 bridgehead atoms. The molecule has 0 aromatic rings. The van der Waals surface area contributed by atoms with Crippen molar-refractivity contribution in [3.05, 3.63) is 0 Å². The minimum absolute atomic E-state index is 0.205. The summed E-state index contributed by atoms with van der Waals surface area (Å²) >= 11 is 0. The second-order valence-electron chi connectivity index (χ2n) is 3.26. The summed E-state index contributed by atoms with van der Waals surface area (Å²) in [6.07, 6.45) is 5.00. The third-order valence-corrected chi connectivity index (χ3v) is 2.06. The van der Waals surface area contributed by atoms with Gasteiger partial charge in [-0.25, -0.2) is 0 Å². The zero-order valence-electron chi connectivity index (χ0n) is 9.41. The van der Waals surface area contributed by atoms with Crippen molar-refractivity contribution < 1.29 is 14.2 Å². The van der Waals surface area contributed by atoms with E-state index in [2.05, 4.69) is 22.7 Å². The Morgan fingerprint density at radius 1 is 1.12 bits per heavy atom. The van der Waals surface area contributed by atoms with E-state index in [9.17, 15) is 0 Å². The van der Waals surface area contributed by atoms with Gasteiger partial charge >= 0.3 is 0 Å². The highest BCUT2D eigenvalue weighted by Crippen LogP contribution is 1.94. The first-order chi connectivity index (χ1) is 7.93. The van der Waals surface area contributed by atoms with E-state index in [-0.39, 0.29) is 13.4 Å². The Bertz CT molecular complexity index is 268. The second kappa shape index (κ2) is 9.21. The molecule has 0 aromatic carbocycles. The van der Waals surface area contributed by atoms with E-state index in [4.69, 9.17) is 20.6 Å². The van der Waals surface area contributed by atoms with Crippen molar-refractivity contribution in [3.8, 4) is 24.2 Å². The summed E-state index contributed by atoms with van der Waals surface area (Å²) in [5.74, 6) is 8.32. The van der Waals surface area contributed by atoms with Gasteiger partial charge in [-0.05, 0) is 0 Å². The summed E-state index contributed by atoms with van der Waals surface area (Å²) in [5.41, 5.74) is 0. The number of hydrogen-bond acceptors (Lipinski definition) is 4. The maximum atomic E-state index is 5.23. The number of nitrogens with zero attached hydrogens (tertiary/aromatic N) is 1. The van der Waals surface area contributed by atoms with Gasteiger partial charge in [0.25, 0.3) is 0 Å². The average molecular weight is 223 g/mol. The molecule has 1 rings (SSSR count). The van der Waals surface area contributed by atoms with Crippen LogP contribution in [-0.4, -0.2) is 57.8 Å². The maximum absolute atomic E-state index is 5.23. The highest BCUT2D eigenvalue weighted by Gasteiger charge is 2.07. The van der Waals surface area contributed by atoms with Crippen LogP contribution in [0.4, 0.5) is 0 Å². The Morgan fingerprint density at radius 2 is 1.88 bits per heavy atom. The fourth-order valence-corrected chi connectivity index (χ4v) is 1.23. The lowest BCUT2D eigenvalue weighted by molar-refractivity contribution is -0.0294. The standard InChI is InChI=1S/C12H17NO3/c1-2-8-15-12-16-9-4-3-5-13-6-10-14-11-7-13/h1H,5-12H2. The molecule has 0 N–H and O–H groups in total. The SMILES string of the molecule is C#CCOCOCC#CCN1CCOCC1.